The number of rotatable bonds is 3. The van der Waals surface area contributed by atoms with E-state index >= 15 is 0 Å². The van der Waals surface area contributed by atoms with Gasteiger partial charge < -0.3 is 0 Å². The lowest BCUT2D eigenvalue weighted by molar-refractivity contribution is 0.700. The molecule has 0 amide bonds. The molecule has 0 spiro atoms. The van der Waals surface area contributed by atoms with Crippen molar-refractivity contribution in [1.82, 2.24) is 0 Å². The second-order valence-electron chi connectivity index (χ2n) is 3.39. The van der Waals surface area contributed by atoms with Gasteiger partial charge in [0.05, 0.1) is 0 Å². The quantitative estimate of drug-likeness (QED) is 0.547. The minimum absolute atomic E-state index is 0.699. The van der Waals surface area contributed by atoms with Crippen molar-refractivity contribution in [2.75, 3.05) is 0 Å². The van der Waals surface area contributed by atoms with Gasteiger partial charge in [-0.05, 0) is 18.8 Å². The summed E-state index contributed by atoms with van der Waals surface area (Å²) in [5.74, 6) is 1.42. The van der Waals surface area contributed by atoms with Crippen molar-refractivity contribution in [1.29, 1.82) is 0 Å². The summed E-state index contributed by atoms with van der Waals surface area (Å²) in [7, 11) is 0. The molecular formula is C12H24. The molecule has 0 radical (unpaired) electrons. The van der Waals surface area contributed by atoms with Gasteiger partial charge in [0.2, 0.25) is 0 Å². The highest BCUT2D eigenvalue weighted by Gasteiger charge is 1.84. The third kappa shape index (κ3) is 16.2. The van der Waals surface area contributed by atoms with Gasteiger partial charge in [0.1, 0.15) is 0 Å². The maximum absolute atomic E-state index is 3.63. The van der Waals surface area contributed by atoms with Crippen molar-refractivity contribution in [3.8, 4) is 0 Å². The van der Waals surface area contributed by atoms with E-state index in [9.17, 15) is 0 Å². The third-order valence-corrected chi connectivity index (χ3v) is 1.62. The molecule has 12 heavy (non-hydrogen) atoms. The lowest BCUT2D eigenvalue weighted by Gasteiger charge is -1.93. The van der Waals surface area contributed by atoms with E-state index in [1.807, 2.05) is 13.0 Å². The molecule has 0 aliphatic carbocycles. The molecule has 0 heteroatoms. The van der Waals surface area contributed by atoms with Gasteiger partial charge in [-0.2, -0.15) is 0 Å². The summed E-state index contributed by atoms with van der Waals surface area (Å²) in [6.45, 7) is 14.3. The molecule has 0 aromatic carbocycles. The van der Waals surface area contributed by atoms with Crippen molar-refractivity contribution in [2.24, 2.45) is 11.8 Å². The minimum Gasteiger partial charge on any atom is -0.103 e. The zero-order valence-electron chi connectivity index (χ0n) is 9.30. The van der Waals surface area contributed by atoms with Crippen molar-refractivity contribution in [2.45, 2.75) is 41.0 Å². The molecule has 0 rings (SSSR count). The van der Waals surface area contributed by atoms with E-state index in [1.165, 1.54) is 6.42 Å². The normalized spacial score (nSPS) is 12.5. The fourth-order valence-electron chi connectivity index (χ4n) is 0.552. The first-order valence-electron chi connectivity index (χ1n) is 4.83. The lowest BCUT2D eigenvalue weighted by Crippen LogP contribution is -1.80. The van der Waals surface area contributed by atoms with Crippen molar-refractivity contribution < 1.29 is 0 Å². The minimum atomic E-state index is 0.699. The highest BCUT2D eigenvalue weighted by molar-refractivity contribution is 4.79. The average molecular weight is 168 g/mol. The summed E-state index contributed by atoms with van der Waals surface area (Å²) >= 11 is 0. The average Bonchev–Trinajstić information content (AvgIpc) is 2.04. The molecule has 1 unspecified atom stereocenters. The molecule has 1 atom stereocenters. The largest absolute Gasteiger partial charge is 0.103 e. The Bertz CT molecular complexity index is 109. The topological polar surface area (TPSA) is 0 Å². The first kappa shape index (κ1) is 14.0. The summed E-state index contributed by atoms with van der Waals surface area (Å²) in [5, 5.41) is 0. The molecule has 0 aliphatic heterocycles. The number of hydrogen-bond donors (Lipinski definition) is 0. The standard InChI is InChI=1S/2C6H12/c1-4-5-6(2)3;1-4-6(3)5-2/h4-6H,1-3H3;4,6H,1,5H2,2-3H3/b5-4-;. The Morgan fingerprint density at radius 3 is 1.75 bits per heavy atom. The highest BCUT2D eigenvalue weighted by atomic mass is 13.9. The lowest BCUT2D eigenvalue weighted by atomic mass is 10.1. The Labute approximate surface area is 78.4 Å². The maximum Gasteiger partial charge on any atom is -0.0267 e. The first-order valence-corrected chi connectivity index (χ1v) is 4.83. The van der Waals surface area contributed by atoms with Crippen molar-refractivity contribution >= 4 is 0 Å². The Morgan fingerprint density at radius 1 is 1.25 bits per heavy atom. The summed E-state index contributed by atoms with van der Waals surface area (Å²) in [6.07, 6.45) is 7.42. The molecule has 0 bridgehead atoms. The molecule has 0 aromatic heterocycles. The Morgan fingerprint density at radius 2 is 1.75 bits per heavy atom. The second-order valence-corrected chi connectivity index (χ2v) is 3.39. The van der Waals surface area contributed by atoms with Gasteiger partial charge in [-0.25, -0.2) is 0 Å². The van der Waals surface area contributed by atoms with Crippen LogP contribution in [0.5, 0.6) is 0 Å². The summed E-state index contributed by atoms with van der Waals surface area (Å²) in [6, 6.07) is 0. The van der Waals surface area contributed by atoms with E-state index < -0.39 is 0 Å². The SMILES string of the molecule is C/C=C\C(C)C.C=CC(C)CC. The summed E-state index contributed by atoms with van der Waals surface area (Å²) in [5.41, 5.74) is 0. The van der Waals surface area contributed by atoms with Crippen molar-refractivity contribution in [3.63, 3.8) is 0 Å². The van der Waals surface area contributed by atoms with E-state index in [-0.39, 0.29) is 0 Å². The fourth-order valence-corrected chi connectivity index (χ4v) is 0.552. The zero-order chi connectivity index (χ0) is 9.98. The first-order chi connectivity index (χ1) is 5.58. The van der Waals surface area contributed by atoms with Gasteiger partial charge in [0.15, 0.2) is 0 Å². The predicted octanol–water partition coefficient (Wildman–Crippen LogP) is 4.44. The van der Waals surface area contributed by atoms with E-state index in [1.54, 1.807) is 0 Å². The van der Waals surface area contributed by atoms with Gasteiger partial charge in [-0.15, -0.1) is 6.58 Å². The molecule has 72 valence electrons. The smallest absolute Gasteiger partial charge is 0.0267 e. The number of allylic oxidation sites excluding steroid dienone is 3. The third-order valence-electron chi connectivity index (χ3n) is 1.62. The molecule has 0 aliphatic rings. The van der Waals surface area contributed by atoms with E-state index in [4.69, 9.17) is 0 Å². The van der Waals surface area contributed by atoms with Crippen LogP contribution in [0.4, 0.5) is 0 Å². The summed E-state index contributed by atoms with van der Waals surface area (Å²) in [4.78, 5) is 0. The molecule has 0 saturated heterocycles. The molecule has 0 saturated carbocycles. The predicted molar refractivity (Wildman–Crippen MR) is 59.3 cm³/mol. The fraction of sp³-hybridized carbons (Fsp3) is 0.667. The second kappa shape index (κ2) is 10.5. The highest BCUT2D eigenvalue weighted by Crippen LogP contribution is 1.98. The van der Waals surface area contributed by atoms with Crippen LogP contribution in [-0.4, -0.2) is 0 Å². The Balaban J connectivity index is 0. The molecule has 0 N–H and O–H groups in total. The van der Waals surface area contributed by atoms with Crippen molar-refractivity contribution in [3.05, 3.63) is 24.8 Å². The van der Waals surface area contributed by atoms with Gasteiger partial charge in [0, 0.05) is 0 Å². The number of hydrogen-bond acceptors (Lipinski definition) is 0. The zero-order valence-corrected chi connectivity index (χ0v) is 9.30. The van der Waals surface area contributed by atoms with Gasteiger partial charge in [0.25, 0.3) is 0 Å². The van der Waals surface area contributed by atoms with Crippen LogP contribution in [0.3, 0.4) is 0 Å². The van der Waals surface area contributed by atoms with E-state index in [0.29, 0.717) is 5.92 Å². The molecule has 0 fully saturated rings. The molecule has 0 aromatic rings. The van der Waals surface area contributed by atoms with E-state index in [0.717, 1.165) is 5.92 Å². The molecule has 0 heterocycles. The van der Waals surface area contributed by atoms with Gasteiger partial charge >= 0.3 is 0 Å². The Hall–Kier alpha value is -0.520. The van der Waals surface area contributed by atoms with Crippen LogP contribution >= 0.6 is 0 Å². The molecule has 0 nitrogen and oxygen atoms in total. The monoisotopic (exact) mass is 168 g/mol. The van der Waals surface area contributed by atoms with Gasteiger partial charge in [-0.1, -0.05) is 52.3 Å². The van der Waals surface area contributed by atoms with Crippen LogP contribution in [0.25, 0.3) is 0 Å². The summed E-state index contributed by atoms with van der Waals surface area (Å²) < 4.78 is 0. The van der Waals surface area contributed by atoms with Crippen LogP contribution in [-0.2, 0) is 0 Å². The van der Waals surface area contributed by atoms with Crippen LogP contribution in [0.15, 0.2) is 24.8 Å². The van der Waals surface area contributed by atoms with Crippen LogP contribution in [0.2, 0.25) is 0 Å². The van der Waals surface area contributed by atoms with Crippen LogP contribution in [0.1, 0.15) is 41.0 Å². The Kier molecular flexibility index (Phi) is 12.3. The van der Waals surface area contributed by atoms with E-state index in [2.05, 4.69) is 46.4 Å². The van der Waals surface area contributed by atoms with Crippen LogP contribution < -0.4 is 0 Å². The molecular weight excluding hydrogens is 144 g/mol. The maximum atomic E-state index is 3.63. The van der Waals surface area contributed by atoms with Gasteiger partial charge in [-0.3, -0.25) is 0 Å². The van der Waals surface area contributed by atoms with Crippen LogP contribution in [0, 0.1) is 11.8 Å².